The molecule has 0 unspecified atom stereocenters. The smallest absolute Gasteiger partial charge is 0.255 e. The Bertz CT molecular complexity index is 982. The molecule has 2 N–H and O–H groups in total. The summed E-state index contributed by atoms with van der Waals surface area (Å²) in [6, 6.07) is 7.99. The molecule has 0 aliphatic carbocycles. The number of halogens is 2. The van der Waals surface area contributed by atoms with E-state index in [0.717, 1.165) is 63.2 Å². The van der Waals surface area contributed by atoms with Gasteiger partial charge in [0, 0.05) is 49.1 Å². The number of hydrogen-bond donors (Lipinski definition) is 2. The molecule has 0 radical (unpaired) electrons. The van der Waals surface area contributed by atoms with Crippen molar-refractivity contribution in [3.63, 3.8) is 0 Å². The lowest BCUT2D eigenvalue weighted by Crippen LogP contribution is -2.45. The molecular weight excluding hydrogens is 423 g/mol. The molecule has 2 bridgehead atoms. The van der Waals surface area contributed by atoms with Crippen LogP contribution in [0.25, 0.3) is 0 Å². The Morgan fingerprint density at radius 1 is 1.00 bits per heavy atom. The van der Waals surface area contributed by atoms with E-state index in [1.54, 1.807) is 12.3 Å². The first-order valence-corrected chi connectivity index (χ1v) is 10.5. The van der Waals surface area contributed by atoms with Gasteiger partial charge in [-0.1, -0.05) is 6.07 Å². The van der Waals surface area contributed by atoms with E-state index in [1.165, 1.54) is 12.1 Å². The fraction of sp³-hybridized carbons (Fsp3) is 0.545. The van der Waals surface area contributed by atoms with Crippen molar-refractivity contribution in [1.82, 2.24) is 19.8 Å². The second kappa shape index (κ2) is 9.69. The average molecular weight is 453 g/mol. The fourth-order valence-corrected chi connectivity index (χ4v) is 5.34. The second-order valence-corrected chi connectivity index (χ2v) is 8.69. The van der Waals surface area contributed by atoms with Crippen molar-refractivity contribution in [2.75, 3.05) is 26.2 Å². The highest BCUT2D eigenvalue weighted by Gasteiger charge is 2.31. The highest BCUT2D eigenvalue weighted by molar-refractivity contribution is 5.85. The zero-order chi connectivity index (χ0) is 19.1. The number of piperidine rings is 2. The lowest BCUT2D eigenvalue weighted by molar-refractivity contribution is 0.202. The third-order valence-corrected chi connectivity index (χ3v) is 6.84. The zero-order valence-electron chi connectivity index (χ0n) is 17.0. The van der Waals surface area contributed by atoms with Crippen LogP contribution in [0.2, 0.25) is 0 Å². The van der Waals surface area contributed by atoms with Gasteiger partial charge in [-0.2, -0.15) is 0 Å². The average Bonchev–Trinajstić information content (AvgIpc) is 2.71. The van der Waals surface area contributed by atoms with Gasteiger partial charge in [0.1, 0.15) is 0 Å². The van der Waals surface area contributed by atoms with E-state index in [0.29, 0.717) is 17.8 Å². The first-order chi connectivity index (χ1) is 13.7. The Morgan fingerprint density at radius 3 is 2.57 bits per heavy atom. The predicted molar refractivity (Wildman–Crippen MR) is 123 cm³/mol. The van der Waals surface area contributed by atoms with Crippen LogP contribution >= 0.6 is 24.8 Å². The van der Waals surface area contributed by atoms with E-state index in [1.807, 2.05) is 6.07 Å². The van der Waals surface area contributed by atoms with Gasteiger partial charge in [-0.05, 0) is 68.4 Å². The van der Waals surface area contributed by atoms with Crippen LogP contribution in [0.15, 0.2) is 40.1 Å². The first-order valence-electron chi connectivity index (χ1n) is 10.5. The summed E-state index contributed by atoms with van der Waals surface area (Å²) >= 11 is 0. The van der Waals surface area contributed by atoms with Crippen molar-refractivity contribution < 1.29 is 0 Å². The van der Waals surface area contributed by atoms with Gasteiger partial charge < -0.3 is 14.9 Å². The number of pyridine rings is 2. The highest BCUT2D eigenvalue weighted by Crippen LogP contribution is 2.32. The van der Waals surface area contributed by atoms with E-state index in [2.05, 4.69) is 31.9 Å². The molecule has 5 heterocycles. The van der Waals surface area contributed by atoms with Crippen LogP contribution in [0.4, 0.5) is 0 Å². The Balaban J connectivity index is 0.00000128. The van der Waals surface area contributed by atoms with E-state index in [4.69, 9.17) is 0 Å². The molecule has 5 rings (SSSR count). The zero-order valence-corrected chi connectivity index (χ0v) is 18.6. The van der Waals surface area contributed by atoms with Crippen LogP contribution in [-0.4, -0.2) is 40.6 Å². The van der Waals surface area contributed by atoms with Crippen LogP contribution in [0.3, 0.4) is 0 Å². The van der Waals surface area contributed by atoms with Crippen LogP contribution < -0.4 is 16.4 Å². The number of nitrogens with one attached hydrogen (secondary N) is 2. The molecule has 0 aromatic carbocycles. The molecule has 2 saturated heterocycles. The van der Waals surface area contributed by atoms with Gasteiger partial charge in [0.25, 0.3) is 5.56 Å². The van der Waals surface area contributed by atoms with Crippen LogP contribution in [-0.2, 0) is 13.1 Å². The summed E-state index contributed by atoms with van der Waals surface area (Å²) in [7, 11) is 0. The summed E-state index contributed by atoms with van der Waals surface area (Å²) in [5.41, 5.74) is 3.46. The lowest BCUT2D eigenvalue weighted by atomic mass is 9.84. The summed E-state index contributed by atoms with van der Waals surface area (Å²) < 4.78 is 2.05. The van der Waals surface area contributed by atoms with Gasteiger partial charge in [0.15, 0.2) is 0 Å². The summed E-state index contributed by atoms with van der Waals surface area (Å²) in [5, 5.41) is 3.50. The summed E-state index contributed by atoms with van der Waals surface area (Å²) in [6.07, 6.45) is 5.02. The fourth-order valence-electron chi connectivity index (χ4n) is 5.34. The van der Waals surface area contributed by atoms with Gasteiger partial charge in [0.2, 0.25) is 5.56 Å². The predicted octanol–water partition coefficient (Wildman–Crippen LogP) is 2.47. The summed E-state index contributed by atoms with van der Waals surface area (Å²) in [4.78, 5) is 29.8. The van der Waals surface area contributed by atoms with Crippen LogP contribution in [0.5, 0.6) is 0 Å². The minimum Gasteiger partial charge on any atom is -0.329 e. The molecule has 0 amide bonds. The molecule has 3 aliphatic rings. The number of hydrogen-bond acceptors (Lipinski definition) is 4. The van der Waals surface area contributed by atoms with Crippen molar-refractivity contribution >= 4 is 24.8 Å². The quantitative estimate of drug-likeness (QED) is 0.750. The Labute approximate surface area is 188 Å². The third kappa shape index (κ3) is 4.52. The number of likely N-dealkylation sites (tertiary alicyclic amines) is 1. The minimum absolute atomic E-state index is 0. The molecule has 164 valence electrons. The third-order valence-electron chi connectivity index (χ3n) is 6.84. The molecule has 8 heteroatoms. The van der Waals surface area contributed by atoms with Gasteiger partial charge >= 0.3 is 0 Å². The molecule has 2 aromatic rings. The molecule has 30 heavy (non-hydrogen) atoms. The van der Waals surface area contributed by atoms with Crippen molar-refractivity contribution in [3.05, 3.63) is 68.0 Å². The highest BCUT2D eigenvalue weighted by atomic mass is 35.5. The molecule has 3 aliphatic heterocycles. The minimum atomic E-state index is -0.0259. The number of rotatable bonds is 3. The van der Waals surface area contributed by atoms with Crippen molar-refractivity contribution in [3.8, 4) is 0 Å². The lowest BCUT2D eigenvalue weighted by Gasteiger charge is -2.38. The van der Waals surface area contributed by atoms with E-state index < -0.39 is 0 Å². The summed E-state index contributed by atoms with van der Waals surface area (Å²) in [5.74, 6) is 1.51. The van der Waals surface area contributed by atoms with Crippen molar-refractivity contribution in [2.24, 2.45) is 5.92 Å². The van der Waals surface area contributed by atoms with Gasteiger partial charge in [-0.25, -0.2) is 0 Å². The second-order valence-electron chi connectivity index (χ2n) is 8.69. The molecule has 2 atom stereocenters. The van der Waals surface area contributed by atoms with Crippen LogP contribution in [0, 0.1) is 5.92 Å². The monoisotopic (exact) mass is 452 g/mol. The maximum absolute atomic E-state index is 13.1. The Hall–Kier alpha value is -1.60. The molecule has 0 spiro atoms. The topological polar surface area (TPSA) is 70.1 Å². The van der Waals surface area contributed by atoms with Crippen molar-refractivity contribution in [2.45, 2.75) is 44.2 Å². The van der Waals surface area contributed by atoms with Crippen LogP contribution in [0.1, 0.15) is 47.9 Å². The Morgan fingerprint density at radius 2 is 1.80 bits per heavy atom. The normalized spacial score (nSPS) is 23.7. The van der Waals surface area contributed by atoms with E-state index in [9.17, 15) is 9.59 Å². The number of fused-ring (bicyclic) bond motifs is 4. The maximum atomic E-state index is 13.1. The number of H-pyrrole nitrogens is 1. The molecule has 0 saturated carbocycles. The molecule has 6 nitrogen and oxygen atoms in total. The largest absolute Gasteiger partial charge is 0.329 e. The SMILES string of the molecule is Cl.Cl.O=c1cc(C2CCN(Cc3ccc4n(c3=O)C[C@@H]3CNC[C@H]4C3)CC2)cc[nH]1. The summed E-state index contributed by atoms with van der Waals surface area (Å²) in [6.45, 7) is 5.54. The van der Waals surface area contributed by atoms with E-state index in [-0.39, 0.29) is 35.9 Å². The number of aromatic amines is 1. The molecule has 2 fully saturated rings. The van der Waals surface area contributed by atoms with E-state index >= 15 is 0 Å². The standard InChI is InChI=1S/C22H28N4O2.2ClH/c27-21-10-17(3-6-24-21)16-4-7-25(8-5-16)14-18-1-2-20-19-9-15(11-23-12-19)13-26(20)22(18)28;;/h1-3,6,10,15-16,19,23H,4-5,7-9,11-14H2,(H,24,27);2*1H/t15-,19+;;/m0../s1. The number of aromatic nitrogens is 2. The van der Waals surface area contributed by atoms with Gasteiger partial charge in [0.05, 0.1) is 0 Å². The van der Waals surface area contributed by atoms with Crippen molar-refractivity contribution in [1.29, 1.82) is 0 Å². The number of nitrogens with zero attached hydrogens (tertiary/aromatic N) is 2. The van der Waals surface area contributed by atoms with Gasteiger partial charge in [-0.3, -0.25) is 14.5 Å². The Kier molecular flexibility index (Phi) is 7.45. The molecule has 2 aromatic heterocycles. The van der Waals surface area contributed by atoms with Gasteiger partial charge in [-0.15, -0.1) is 24.8 Å². The molecular formula is C22H30Cl2N4O2. The maximum Gasteiger partial charge on any atom is 0.255 e. The first kappa shape index (κ1) is 23.1.